The molecular weight excluding hydrogens is 328 g/mol. The minimum Gasteiger partial charge on any atom is -0.382 e. The summed E-state index contributed by atoms with van der Waals surface area (Å²) >= 11 is 0. The molecule has 0 spiro atoms. The Hall–Kier alpha value is -1.87. The highest BCUT2D eigenvalue weighted by atomic mass is 31.2. The number of hydrogen-bond donors (Lipinski definition) is 3. The molecule has 1 saturated heterocycles. The van der Waals surface area contributed by atoms with E-state index >= 15 is 0 Å². The molecule has 0 amide bonds. The molecule has 0 saturated carbocycles. The van der Waals surface area contributed by atoms with Gasteiger partial charge in [0.05, 0.1) is 12.9 Å². The van der Waals surface area contributed by atoms with E-state index in [-0.39, 0.29) is 12.4 Å². The van der Waals surface area contributed by atoms with Crippen LogP contribution in [0.25, 0.3) is 11.2 Å². The van der Waals surface area contributed by atoms with E-state index < -0.39 is 25.4 Å². The number of nitrogens with two attached hydrogens (primary N) is 1. The number of anilines is 1. The van der Waals surface area contributed by atoms with Gasteiger partial charge in [0.15, 0.2) is 23.9 Å². The van der Waals surface area contributed by atoms with Crippen LogP contribution in [-0.2, 0) is 9.30 Å². The molecule has 0 unspecified atom stereocenters. The van der Waals surface area contributed by atoms with E-state index in [1.807, 2.05) is 0 Å². The van der Waals surface area contributed by atoms with Crippen LogP contribution >= 0.6 is 7.60 Å². The van der Waals surface area contributed by atoms with Crippen molar-refractivity contribution in [3.63, 3.8) is 0 Å². The van der Waals surface area contributed by atoms with Crippen molar-refractivity contribution in [2.24, 2.45) is 5.41 Å². The van der Waals surface area contributed by atoms with Gasteiger partial charge in [-0.15, -0.1) is 0 Å². The Morgan fingerprint density at radius 2 is 2.26 bits per heavy atom. The lowest BCUT2D eigenvalue weighted by atomic mass is 9.87. The monoisotopic (exact) mass is 343 g/mol. The van der Waals surface area contributed by atoms with E-state index in [0.29, 0.717) is 17.0 Å². The molecule has 0 aliphatic carbocycles. The van der Waals surface area contributed by atoms with Gasteiger partial charge in [0.1, 0.15) is 11.8 Å². The number of halogens is 1. The predicted molar refractivity (Wildman–Crippen MR) is 78.9 cm³/mol. The SMILES string of the molecule is C[C@]1(/C=C/P(=O)(O)O)CO[C@@H](n2cnc3c(N)ncnc32)[C@@H]1F. The molecule has 1 fully saturated rings. The van der Waals surface area contributed by atoms with Gasteiger partial charge >= 0.3 is 7.60 Å². The maximum atomic E-state index is 14.9. The van der Waals surface area contributed by atoms with E-state index in [1.54, 1.807) is 0 Å². The Morgan fingerprint density at radius 1 is 1.52 bits per heavy atom. The van der Waals surface area contributed by atoms with Crippen molar-refractivity contribution in [2.45, 2.75) is 19.3 Å². The maximum absolute atomic E-state index is 14.9. The molecule has 3 heterocycles. The summed E-state index contributed by atoms with van der Waals surface area (Å²) in [4.78, 5) is 29.7. The second-order valence-corrected chi connectivity index (χ2v) is 7.07. The summed E-state index contributed by atoms with van der Waals surface area (Å²) in [6, 6.07) is 0. The van der Waals surface area contributed by atoms with E-state index in [2.05, 4.69) is 15.0 Å². The highest BCUT2D eigenvalue weighted by Crippen LogP contribution is 2.45. The number of fused-ring (bicyclic) bond motifs is 1. The van der Waals surface area contributed by atoms with Crippen molar-refractivity contribution >= 4 is 24.6 Å². The van der Waals surface area contributed by atoms with Crippen LogP contribution in [0.15, 0.2) is 24.5 Å². The van der Waals surface area contributed by atoms with Crippen molar-refractivity contribution in [3.05, 3.63) is 24.5 Å². The fraction of sp³-hybridized carbons (Fsp3) is 0.417. The molecule has 23 heavy (non-hydrogen) atoms. The summed E-state index contributed by atoms with van der Waals surface area (Å²) in [6.07, 6.45) is 1.16. The Kier molecular flexibility index (Phi) is 3.72. The van der Waals surface area contributed by atoms with Crippen molar-refractivity contribution in [1.29, 1.82) is 0 Å². The molecule has 0 radical (unpaired) electrons. The number of aromatic nitrogens is 4. The smallest absolute Gasteiger partial charge is 0.348 e. The molecule has 4 N–H and O–H groups in total. The second kappa shape index (κ2) is 5.34. The number of hydrogen-bond acceptors (Lipinski definition) is 6. The van der Waals surface area contributed by atoms with Gasteiger partial charge in [-0.1, -0.05) is 13.0 Å². The number of ether oxygens (including phenoxy) is 1. The van der Waals surface area contributed by atoms with E-state index in [0.717, 1.165) is 6.08 Å². The van der Waals surface area contributed by atoms with Crippen LogP contribution in [0.3, 0.4) is 0 Å². The normalized spacial score (nSPS) is 28.9. The average molecular weight is 343 g/mol. The largest absolute Gasteiger partial charge is 0.382 e. The van der Waals surface area contributed by atoms with Gasteiger partial charge in [0.2, 0.25) is 0 Å². The minimum atomic E-state index is -4.37. The summed E-state index contributed by atoms with van der Waals surface area (Å²) in [7, 11) is -4.37. The third kappa shape index (κ3) is 2.86. The first kappa shape index (κ1) is 16.0. The van der Waals surface area contributed by atoms with Crippen molar-refractivity contribution in [2.75, 3.05) is 12.3 Å². The molecule has 1 aliphatic heterocycles. The molecule has 0 bridgehead atoms. The molecule has 11 heteroatoms. The lowest BCUT2D eigenvalue weighted by Gasteiger charge is -2.22. The average Bonchev–Trinajstić information content (AvgIpc) is 3.01. The van der Waals surface area contributed by atoms with E-state index in [9.17, 15) is 8.96 Å². The number of alkyl halides is 1. The highest BCUT2D eigenvalue weighted by molar-refractivity contribution is 7.55. The predicted octanol–water partition coefficient (Wildman–Crippen LogP) is 0.973. The standard InChI is InChI=1S/C12H15FN5O4P/c1-12(2-3-23(19,20)21)4-22-11(8(12)13)18-6-17-7-9(14)15-5-16-10(7)18/h2-3,5-6,8,11H,4H2,1H3,(H2,14,15,16)(H2,19,20,21)/b3-2+/t8-,11+,12-/m0/s1. The first-order chi connectivity index (χ1) is 10.7. The molecule has 2 aromatic rings. The highest BCUT2D eigenvalue weighted by Gasteiger charge is 2.47. The Bertz CT molecular complexity index is 821. The van der Waals surface area contributed by atoms with Crippen LogP contribution in [0, 0.1) is 5.41 Å². The molecule has 124 valence electrons. The lowest BCUT2D eigenvalue weighted by Crippen LogP contribution is -2.28. The van der Waals surface area contributed by atoms with Gasteiger partial charge in [-0.3, -0.25) is 9.13 Å². The van der Waals surface area contributed by atoms with Crippen LogP contribution in [0.4, 0.5) is 10.2 Å². The summed E-state index contributed by atoms with van der Waals surface area (Å²) in [5, 5.41) is 0. The number of imidazole rings is 1. The topological polar surface area (TPSA) is 136 Å². The van der Waals surface area contributed by atoms with Crippen LogP contribution in [0.5, 0.6) is 0 Å². The third-order valence-corrected chi connectivity index (χ3v) is 4.29. The van der Waals surface area contributed by atoms with Crippen LogP contribution < -0.4 is 5.73 Å². The summed E-state index contributed by atoms with van der Waals surface area (Å²) < 4.78 is 32.7. The van der Waals surface area contributed by atoms with Crippen molar-refractivity contribution < 1.29 is 23.5 Å². The Balaban J connectivity index is 1.95. The molecule has 9 nitrogen and oxygen atoms in total. The zero-order chi connectivity index (χ0) is 16.8. The fourth-order valence-corrected chi connectivity index (χ4v) is 2.97. The lowest BCUT2D eigenvalue weighted by molar-refractivity contribution is 0.0240. The van der Waals surface area contributed by atoms with Crippen molar-refractivity contribution in [3.8, 4) is 0 Å². The molecule has 3 atom stereocenters. The second-order valence-electron chi connectivity index (χ2n) is 5.60. The Morgan fingerprint density at radius 3 is 2.96 bits per heavy atom. The number of rotatable bonds is 3. The van der Waals surface area contributed by atoms with E-state index in [4.69, 9.17) is 20.3 Å². The first-order valence-electron chi connectivity index (χ1n) is 6.66. The quantitative estimate of drug-likeness (QED) is 0.701. The van der Waals surface area contributed by atoms with Crippen LogP contribution in [0.2, 0.25) is 0 Å². The first-order valence-corrected chi connectivity index (χ1v) is 8.34. The van der Waals surface area contributed by atoms with Gasteiger partial charge < -0.3 is 20.3 Å². The molecule has 1 aliphatic rings. The molecular formula is C12H15FN5O4P. The Labute approximate surface area is 130 Å². The molecule has 3 rings (SSSR count). The zero-order valence-electron chi connectivity index (χ0n) is 12.1. The molecule has 2 aromatic heterocycles. The number of nitrogens with zero attached hydrogens (tertiary/aromatic N) is 4. The summed E-state index contributed by atoms with van der Waals surface area (Å²) in [6.45, 7) is 1.47. The van der Waals surface area contributed by atoms with Gasteiger partial charge in [-0.05, 0) is 0 Å². The molecule has 0 aromatic carbocycles. The summed E-state index contributed by atoms with van der Waals surface area (Å²) in [5.41, 5.74) is 5.18. The van der Waals surface area contributed by atoms with E-state index in [1.165, 1.54) is 24.1 Å². The summed E-state index contributed by atoms with van der Waals surface area (Å²) in [5.74, 6) is 0.864. The maximum Gasteiger partial charge on any atom is 0.348 e. The van der Waals surface area contributed by atoms with Gasteiger partial charge in [-0.2, -0.15) is 0 Å². The van der Waals surface area contributed by atoms with Gasteiger partial charge in [0.25, 0.3) is 0 Å². The fourth-order valence-electron chi connectivity index (χ4n) is 2.44. The van der Waals surface area contributed by atoms with Gasteiger partial charge in [0, 0.05) is 11.2 Å². The van der Waals surface area contributed by atoms with Crippen LogP contribution in [0.1, 0.15) is 13.2 Å². The minimum absolute atomic E-state index is 0.0461. The van der Waals surface area contributed by atoms with Gasteiger partial charge in [-0.25, -0.2) is 19.3 Å². The van der Waals surface area contributed by atoms with Crippen LogP contribution in [-0.4, -0.2) is 42.1 Å². The number of nitrogen functional groups attached to an aromatic ring is 1. The third-order valence-electron chi connectivity index (χ3n) is 3.76. The van der Waals surface area contributed by atoms with Crippen molar-refractivity contribution in [1.82, 2.24) is 19.5 Å². The zero-order valence-corrected chi connectivity index (χ0v) is 13.0.